The second kappa shape index (κ2) is 11.4. The van der Waals surface area contributed by atoms with Crippen LogP contribution in [-0.2, 0) is 17.9 Å². The van der Waals surface area contributed by atoms with E-state index in [0.717, 1.165) is 21.2 Å². The van der Waals surface area contributed by atoms with Crippen molar-refractivity contribution in [3.63, 3.8) is 0 Å². The smallest absolute Gasteiger partial charge is 0.266 e. The van der Waals surface area contributed by atoms with Crippen LogP contribution in [0.5, 0.6) is 11.5 Å². The summed E-state index contributed by atoms with van der Waals surface area (Å²) in [6.45, 7) is 3.21. The summed E-state index contributed by atoms with van der Waals surface area (Å²) in [7, 11) is 0. The van der Waals surface area contributed by atoms with Gasteiger partial charge in [-0.2, -0.15) is 0 Å². The summed E-state index contributed by atoms with van der Waals surface area (Å²) < 4.78 is 13.2. The van der Waals surface area contributed by atoms with Crippen molar-refractivity contribution in [2.24, 2.45) is 0 Å². The summed E-state index contributed by atoms with van der Waals surface area (Å²) >= 11 is 16.4. The lowest BCUT2D eigenvalue weighted by atomic mass is 10.1. The van der Waals surface area contributed by atoms with E-state index in [1.165, 1.54) is 11.8 Å². The summed E-state index contributed by atoms with van der Waals surface area (Å²) in [5.41, 5.74) is 2.84. The lowest BCUT2D eigenvalue weighted by Gasteiger charge is -2.15. The highest BCUT2D eigenvalue weighted by molar-refractivity contribution is 9.10. The maximum atomic E-state index is 13.0. The average Bonchev–Trinajstić information content (AvgIpc) is 3.08. The predicted octanol–water partition coefficient (Wildman–Crippen LogP) is 7.48. The van der Waals surface area contributed by atoms with Crippen molar-refractivity contribution in [2.75, 3.05) is 6.61 Å². The van der Waals surface area contributed by atoms with E-state index in [1.807, 2.05) is 79.7 Å². The second-order valence-electron chi connectivity index (χ2n) is 7.43. The van der Waals surface area contributed by atoms with Gasteiger partial charge in [0.05, 0.1) is 22.5 Å². The van der Waals surface area contributed by atoms with Crippen LogP contribution in [0.15, 0.2) is 76.1 Å². The Balaban J connectivity index is 1.55. The zero-order valence-corrected chi connectivity index (χ0v) is 22.3. The van der Waals surface area contributed by atoms with E-state index < -0.39 is 0 Å². The fourth-order valence-corrected chi connectivity index (χ4v) is 5.32. The Morgan fingerprint density at radius 2 is 1.79 bits per heavy atom. The topological polar surface area (TPSA) is 38.8 Å². The van der Waals surface area contributed by atoms with E-state index in [1.54, 1.807) is 4.90 Å². The second-order valence-corrected chi connectivity index (χ2v) is 10.4. The first-order valence-corrected chi connectivity index (χ1v) is 13.0. The highest BCUT2D eigenvalue weighted by atomic mass is 79.9. The van der Waals surface area contributed by atoms with Crippen molar-refractivity contribution < 1.29 is 14.3 Å². The Morgan fingerprint density at radius 1 is 1.06 bits per heavy atom. The van der Waals surface area contributed by atoms with Gasteiger partial charge >= 0.3 is 0 Å². The van der Waals surface area contributed by atoms with Crippen LogP contribution >= 0.6 is 51.5 Å². The highest BCUT2D eigenvalue weighted by Crippen LogP contribution is 2.40. The molecule has 1 aliphatic rings. The molecule has 0 radical (unpaired) electrons. The third-order valence-corrected chi connectivity index (χ3v) is 7.20. The van der Waals surface area contributed by atoms with E-state index in [4.69, 9.17) is 33.3 Å². The number of halogens is 2. The molecule has 0 spiro atoms. The zero-order valence-electron chi connectivity index (χ0n) is 18.3. The van der Waals surface area contributed by atoms with Crippen molar-refractivity contribution in [1.82, 2.24) is 4.90 Å². The number of carbonyl (C=O) groups excluding carboxylic acids is 1. The van der Waals surface area contributed by atoms with Crippen LogP contribution in [-0.4, -0.2) is 21.7 Å². The third-order valence-electron chi connectivity index (χ3n) is 4.98. The van der Waals surface area contributed by atoms with Gasteiger partial charge in [0.15, 0.2) is 11.5 Å². The lowest BCUT2D eigenvalue weighted by molar-refractivity contribution is -0.122. The number of hydrogen-bond donors (Lipinski definition) is 0. The summed E-state index contributed by atoms with van der Waals surface area (Å²) in [6.07, 6.45) is 1.83. The number of amides is 1. The minimum Gasteiger partial charge on any atom is -0.490 e. The predicted molar refractivity (Wildman–Crippen MR) is 146 cm³/mol. The van der Waals surface area contributed by atoms with Gasteiger partial charge in [-0.15, -0.1) is 0 Å². The molecule has 0 aromatic heterocycles. The molecule has 4 nitrogen and oxygen atoms in total. The number of thiocarbonyl (C=S) groups is 1. The van der Waals surface area contributed by atoms with Crippen molar-refractivity contribution >= 4 is 67.8 Å². The van der Waals surface area contributed by atoms with Gasteiger partial charge in [0, 0.05) is 5.02 Å². The van der Waals surface area contributed by atoms with Crippen LogP contribution in [0.25, 0.3) is 6.08 Å². The first kappa shape index (κ1) is 24.8. The number of nitrogens with zero attached hydrogens (tertiary/aromatic N) is 1. The number of hydrogen-bond acceptors (Lipinski definition) is 5. The molecule has 1 amide bonds. The number of thioether (sulfide) groups is 1. The maximum absolute atomic E-state index is 13.0. The van der Waals surface area contributed by atoms with Crippen molar-refractivity contribution in [2.45, 2.75) is 20.1 Å². The summed E-state index contributed by atoms with van der Waals surface area (Å²) in [4.78, 5) is 15.2. The quantitative estimate of drug-likeness (QED) is 0.206. The third kappa shape index (κ3) is 6.02. The van der Waals surface area contributed by atoms with E-state index in [9.17, 15) is 4.79 Å². The molecule has 0 atom stereocenters. The minimum absolute atomic E-state index is 0.101. The average molecular weight is 575 g/mol. The van der Waals surface area contributed by atoms with Crippen LogP contribution < -0.4 is 9.47 Å². The molecule has 1 saturated heterocycles. The van der Waals surface area contributed by atoms with Crippen LogP contribution in [0.2, 0.25) is 5.02 Å². The molecule has 1 heterocycles. The molecule has 34 heavy (non-hydrogen) atoms. The molecule has 3 aromatic carbocycles. The van der Waals surface area contributed by atoms with Crippen molar-refractivity contribution in [1.29, 1.82) is 0 Å². The number of rotatable bonds is 8. The minimum atomic E-state index is -0.101. The fraction of sp³-hybridized carbons (Fsp3) is 0.154. The van der Waals surface area contributed by atoms with Gasteiger partial charge in [-0.3, -0.25) is 9.69 Å². The van der Waals surface area contributed by atoms with E-state index in [0.29, 0.717) is 45.5 Å². The first-order chi connectivity index (χ1) is 16.4. The van der Waals surface area contributed by atoms with Crippen LogP contribution in [0.4, 0.5) is 0 Å². The van der Waals surface area contributed by atoms with Crippen LogP contribution in [0.1, 0.15) is 23.6 Å². The molecule has 0 bridgehead atoms. The standard InChI is InChI=1S/C26H21BrClNO3S2/c1-2-31-22-13-19(12-21(27)24(22)32-16-18-8-10-20(28)11-9-18)14-23-25(30)29(26(33)34-23)15-17-6-4-3-5-7-17/h3-14H,2,15-16H2,1H3/b23-14-. The van der Waals surface area contributed by atoms with Crippen LogP contribution in [0, 0.1) is 0 Å². The normalized spacial score (nSPS) is 14.7. The molecule has 3 aromatic rings. The van der Waals surface area contributed by atoms with Gasteiger partial charge < -0.3 is 9.47 Å². The van der Waals surface area contributed by atoms with Gasteiger partial charge in [0.2, 0.25) is 0 Å². The van der Waals surface area contributed by atoms with E-state index in [-0.39, 0.29) is 5.91 Å². The van der Waals surface area contributed by atoms with Gasteiger partial charge in [-0.1, -0.05) is 78.0 Å². The zero-order chi connectivity index (χ0) is 24.1. The summed E-state index contributed by atoms with van der Waals surface area (Å²) in [6, 6.07) is 21.1. The lowest BCUT2D eigenvalue weighted by Crippen LogP contribution is -2.27. The van der Waals surface area contributed by atoms with Crippen LogP contribution in [0.3, 0.4) is 0 Å². The molecule has 0 saturated carbocycles. The molecule has 1 fully saturated rings. The number of carbonyl (C=O) groups is 1. The van der Waals surface area contributed by atoms with Gasteiger partial charge in [-0.25, -0.2) is 0 Å². The van der Waals surface area contributed by atoms with Crippen molar-refractivity contribution in [3.05, 3.63) is 97.8 Å². The molecule has 174 valence electrons. The fourth-order valence-electron chi connectivity index (χ4n) is 3.36. The molecule has 0 aliphatic carbocycles. The Kier molecular flexibility index (Phi) is 8.32. The van der Waals surface area contributed by atoms with Gasteiger partial charge in [0.1, 0.15) is 10.9 Å². The SMILES string of the molecule is CCOc1cc(/C=C2\SC(=S)N(Cc3ccccc3)C2=O)cc(Br)c1OCc1ccc(Cl)cc1. The largest absolute Gasteiger partial charge is 0.490 e. The molecule has 1 aliphatic heterocycles. The van der Waals surface area contributed by atoms with E-state index in [2.05, 4.69) is 15.9 Å². The Bertz CT molecular complexity index is 1230. The number of ether oxygens (including phenoxy) is 2. The first-order valence-electron chi connectivity index (χ1n) is 10.6. The van der Waals surface area contributed by atoms with Gasteiger partial charge in [-0.05, 0) is 69.9 Å². The monoisotopic (exact) mass is 573 g/mol. The molecule has 0 unspecified atom stereocenters. The highest BCUT2D eigenvalue weighted by Gasteiger charge is 2.32. The molecule has 4 rings (SSSR count). The summed E-state index contributed by atoms with van der Waals surface area (Å²) in [5.74, 6) is 1.10. The number of benzene rings is 3. The molecular formula is C26H21BrClNO3S2. The Labute approximate surface area is 222 Å². The van der Waals surface area contributed by atoms with Gasteiger partial charge in [0.25, 0.3) is 5.91 Å². The Hall–Kier alpha value is -2.32. The maximum Gasteiger partial charge on any atom is 0.266 e. The molecular weight excluding hydrogens is 554 g/mol. The summed E-state index contributed by atoms with van der Waals surface area (Å²) in [5, 5.41) is 0.679. The molecule has 0 N–H and O–H groups in total. The molecule has 8 heteroatoms. The van der Waals surface area contributed by atoms with E-state index >= 15 is 0 Å². The van der Waals surface area contributed by atoms with Crippen molar-refractivity contribution in [3.8, 4) is 11.5 Å². The Morgan fingerprint density at radius 3 is 2.50 bits per heavy atom.